The van der Waals surface area contributed by atoms with Gasteiger partial charge in [0.05, 0.1) is 49.7 Å². The predicted molar refractivity (Wildman–Crippen MR) is 110 cm³/mol. The summed E-state index contributed by atoms with van der Waals surface area (Å²) < 4.78 is 5.46. The zero-order valence-electron chi connectivity index (χ0n) is 15.5. The monoisotopic (exact) mass is 408 g/mol. The van der Waals surface area contributed by atoms with Crippen LogP contribution >= 0.6 is 23.2 Å². The van der Waals surface area contributed by atoms with Crippen molar-refractivity contribution in [3.05, 3.63) is 52.5 Å². The van der Waals surface area contributed by atoms with Gasteiger partial charge in [-0.05, 0) is 37.3 Å². The maximum absolute atomic E-state index is 12.6. The van der Waals surface area contributed by atoms with Crippen LogP contribution in [0.5, 0.6) is 5.75 Å². The van der Waals surface area contributed by atoms with E-state index < -0.39 is 0 Å². The minimum absolute atomic E-state index is 0.0417. The first-order chi connectivity index (χ1) is 13.0. The number of amides is 1. The third-order valence-electron chi connectivity index (χ3n) is 5.03. The number of nitrogens with one attached hydrogen (secondary N) is 2. The molecule has 0 radical (unpaired) electrons. The molecular formula is C20H24Cl2N3O2+. The number of ether oxygens (including phenoxy) is 1. The number of para-hydroxylation sites is 2. The molecule has 1 atom stereocenters. The van der Waals surface area contributed by atoms with Crippen LogP contribution in [0.25, 0.3) is 0 Å². The molecule has 5 nitrogen and oxygen atoms in total. The highest BCUT2D eigenvalue weighted by Gasteiger charge is 2.30. The van der Waals surface area contributed by atoms with E-state index in [4.69, 9.17) is 27.9 Å². The average Bonchev–Trinajstić information content (AvgIpc) is 2.69. The standard InChI is InChI=1S/C20H23Cl2N3O2/c1-14(20(26)23-17-8-7-15(21)13-16(17)22)24-9-11-25(12-10-24)18-5-3-4-6-19(18)27-2/h3-8,13-14H,9-12H2,1-2H3,(H,23,26)/p+1/t14-/m0/s1. The molecule has 0 aliphatic carbocycles. The number of carbonyl (C=O) groups is 1. The van der Waals surface area contributed by atoms with Crippen LogP contribution in [0.2, 0.25) is 10.0 Å². The van der Waals surface area contributed by atoms with E-state index in [9.17, 15) is 4.79 Å². The molecule has 0 saturated carbocycles. The normalized spacial score (nSPS) is 16.1. The molecule has 27 heavy (non-hydrogen) atoms. The van der Waals surface area contributed by atoms with E-state index in [0.717, 1.165) is 37.6 Å². The number of piperazine rings is 1. The van der Waals surface area contributed by atoms with Crippen molar-refractivity contribution in [3.8, 4) is 5.75 Å². The number of carbonyl (C=O) groups excluding carboxylic acids is 1. The molecule has 3 rings (SSSR count). The van der Waals surface area contributed by atoms with E-state index in [0.29, 0.717) is 15.7 Å². The summed E-state index contributed by atoms with van der Waals surface area (Å²) in [6.07, 6.45) is 0. The second kappa shape index (κ2) is 8.83. The zero-order chi connectivity index (χ0) is 19.4. The van der Waals surface area contributed by atoms with E-state index in [-0.39, 0.29) is 11.9 Å². The molecule has 2 aromatic rings. The summed E-state index contributed by atoms with van der Waals surface area (Å²) in [4.78, 5) is 16.2. The average molecular weight is 409 g/mol. The van der Waals surface area contributed by atoms with Gasteiger partial charge in [-0.1, -0.05) is 35.3 Å². The van der Waals surface area contributed by atoms with Crippen LogP contribution in [-0.4, -0.2) is 45.2 Å². The van der Waals surface area contributed by atoms with E-state index >= 15 is 0 Å². The molecule has 144 valence electrons. The van der Waals surface area contributed by atoms with Gasteiger partial charge in [-0.2, -0.15) is 0 Å². The number of hydrogen-bond donors (Lipinski definition) is 2. The minimum atomic E-state index is -0.170. The Bertz CT molecular complexity index is 808. The van der Waals surface area contributed by atoms with Crippen molar-refractivity contribution in [3.63, 3.8) is 0 Å². The van der Waals surface area contributed by atoms with Crippen LogP contribution in [0.3, 0.4) is 0 Å². The number of anilines is 2. The van der Waals surface area contributed by atoms with Crippen LogP contribution in [0.15, 0.2) is 42.5 Å². The number of rotatable bonds is 5. The molecule has 0 unspecified atom stereocenters. The summed E-state index contributed by atoms with van der Waals surface area (Å²) in [6.45, 7) is 5.44. The summed E-state index contributed by atoms with van der Waals surface area (Å²) in [6, 6.07) is 12.9. The quantitative estimate of drug-likeness (QED) is 0.799. The van der Waals surface area contributed by atoms with Crippen LogP contribution in [0, 0.1) is 0 Å². The third kappa shape index (κ3) is 4.67. The van der Waals surface area contributed by atoms with E-state index in [2.05, 4.69) is 16.3 Å². The lowest BCUT2D eigenvalue weighted by molar-refractivity contribution is -0.914. The smallest absolute Gasteiger partial charge is 0.282 e. The Kier molecular flexibility index (Phi) is 6.47. The number of benzene rings is 2. The van der Waals surface area contributed by atoms with Gasteiger partial charge in [0, 0.05) is 5.02 Å². The fourth-order valence-corrected chi connectivity index (χ4v) is 3.83. The van der Waals surface area contributed by atoms with Gasteiger partial charge in [0.15, 0.2) is 6.04 Å². The largest absolute Gasteiger partial charge is 0.495 e. The van der Waals surface area contributed by atoms with E-state index in [1.54, 1.807) is 25.3 Å². The molecule has 2 aromatic carbocycles. The second-order valence-corrected chi connectivity index (χ2v) is 7.50. The summed E-state index contributed by atoms with van der Waals surface area (Å²) >= 11 is 12.1. The van der Waals surface area contributed by atoms with Gasteiger partial charge >= 0.3 is 0 Å². The highest BCUT2D eigenvalue weighted by molar-refractivity contribution is 6.36. The molecule has 1 fully saturated rings. The molecule has 7 heteroatoms. The van der Waals surface area contributed by atoms with Gasteiger partial charge in [-0.25, -0.2) is 0 Å². The van der Waals surface area contributed by atoms with Gasteiger partial charge in [-0.15, -0.1) is 0 Å². The Balaban J connectivity index is 1.59. The first kappa shape index (κ1) is 19.8. The van der Waals surface area contributed by atoms with Crippen molar-refractivity contribution in [2.45, 2.75) is 13.0 Å². The van der Waals surface area contributed by atoms with Crippen molar-refractivity contribution in [1.82, 2.24) is 0 Å². The lowest BCUT2D eigenvalue weighted by Gasteiger charge is -2.36. The van der Waals surface area contributed by atoms with Crippen molar-refractivity contribution in [2.24, 2.45) is 0 Å². The van der Waals surface area contributed by atoms with Crippen LogP contribution in [-0.2, 0) is 4.79 Å². The fraction of sp³-hybridized carbons (Fsp3) is 0.350. The van der Waals surface area contributed by atoms with Crippen molar-refractivity contribution >= 4 is 40.5 Å². The van der Waals surface area contributed by atoms with Crippen LogP contribution in [0.1, 0.15) is 6.92 Å². The summed E-state index contributed by atoms with van der Waals surface area (Å²) in [5.74, 6) is 0.837. The summed E-state index contributed by atoms with van der Waals surface area (Å²) in [5.41, 5.74) is 1.69. The number of nitrogens with zero attached hydrogens (tertiary/aromatic N) is 1. The summed E-state index contributed by atoms with van der Waals surface area (Å²) in [5, 5.41) is 3.90. The molecule has 1 saturated heterocycles. The first-order valence-electron chi connectivity index (χ1n) is 8.98. The van der Waals surface area contributed by atoms with Crippen molar-refractivity contribution < 1.29 is 14.4 Å². The van der Waals surface area contributed by atoms with Gasteiger partial charge in [0.2, 0.25) is 0 Å². The Hall–Kier alpha value is -1.95. The topological polar surface area (TPSA) is 46.0 Å². The Morgan fingerprint density at radius 3 is 2.56 bits per heavy atom. The fourth-order valence-electron chi connectivity index (χ4n) is 3.38. The first-order valence-corrected chi connectivity index (χ1v) is 9.73. The number of hydrogen-bond acceptors (Lipinski definition) is 3. The minimum Gasteiger partial charge on any atom is -0.495 e. The van der Waals surface area contributed by atoms with Gasteiger partial charge < -0.3 is 19.9 Å². The maximum Gasteiger partial charge on any atom is 0.282 e. The molecule has 1 aliphatic rings. The SMILES string of the molecule is COc1ccccc1N1CC[NH+]([C@@H](C)C(=O)Nc2ccc(Cl)cc2Cl)CC1. The highest BCUT2D eigenvalue weighted by atomic mass is 35.5. The Labute approximate surface area is 169 Å². The molecule has 1 amide bonds. The third-order valence-corrected chi connectivity index (χ3v) is 5.57. The van der Waals surface area contributed by atoms with Gasteiger partial charge in [0.25, 0.3) is 5.91 Å². The molecule has 0 aromatic heterocycles. The zero-order valence-corrected chi connectivity index (χ0v) is 17.0. The Morgan fingerprint density at radius 1 is 1.19 bits per heavy atom. The molecule has 1 aliphatic heterocycles. The van der Waals surface area contributed by atoms with Gasteiger partial charge in [0.1, 0.15) is 5.75 Å². The molecular weight excluding hydrogens is 385 g/mol. The maximum atomic E-state index is 12.6. The summed E-state index contributed by atoms with van der Waals surface area (Å²) in [7, 11) is 1.69. The van der Waals surface area contributed by atoms with Crippen molar-refractivity contribution in [1.29, 1.82) is 0 Å². The van der Waals surface area contributed by atoms with Crippen molar-refractivity contribution in [2.75, 3.05) is 43.5 Å². The Morgan fingerprint density at radius 2 is 1.89 bits per heavy atom. The highest BCUT2D eigenvalue weighted by Crippen LogP contribution is 2.27. The lowest BCUT2D eigenvalue weighted by atomic mass is 10.2. The van der Waals surface area contributed by atoms with Crippen LogP contribution < -0.4 is 19.9 Å². The van der Waals surface area contributed by atoms with E-state index in [1.165, 1.54) is 4.90 Å². The number of halogens is 2. The lowest BCUT2D eigenvalue weighted by Crippen LogP contribution is -3.19. The predicted octanol–water partition coefficient (Wildman–Crippen LogP) is 2.73. The van der Waals surface area contributed by atoms with E-state index in [1.807, 2.05) is 25.1 Å². The molecule has 1 heterocycles. The second-order valence-electron chi connectivity index (χ2n) is 6.65. The van der Waals surface area contributed by atoms with Gasteiger partial charge in [-0.3, -0.25) is 4.79 Å². The molecule has 0 bridgehead atoms. The molecule has 0 spiro atoms. The molecule has 2 N–H and O–H groups in total. The number of methoxy groups -OCH3 is 1. The van der Waals surface area contributed by atoms with Crippen LogP contribution in [0.4, 0.5) is 11.4 Å². The number of quaternary nitrogens is 1.